The Balaban J connectivity index is 3.47. The van der Waals surface area contributed by atoms with Crippen molar-refractivity contribution in [3.63, 3.8) is 0 Å². The van der Waals surface area contributed by atoms with Gasteiger partial charge in [-0.15, -0.1) is 0 Å². The predicted molar refractivity (Wildman–Crippen MR) is 115 cm³/mol. The number of unbranched alkanes of at least 4 members (excludes halogenated alkanes) is 12. The molecule has 0 fully saturated rings. The molecule has 26 heavy (non-hydrogen) atoms. The smallest absolute Gasteiger partial charge is 0.309 e. The van der Waals surface area contributed by atoms with Crippen molar-refractivity contribution < 1.29 is 9.53 Å². The van der Waals surface area contributed by atoms with Crippen LogP contribution in [0.25, 0.3) is 0 Å². The van der Waals surface area contributed by atoms with E-state index >= 15 is 0 Å². The monoisotopic (exact) mass is 368 g/mol. The Morgan fingerprint density at radius 2 is 1.12 bits per heavy atom. The molecule has 0 N–H and O–H groups in total. The van der Waals surface area contributed by atoms with Crippen LogP contribution in [0.4, 0.5) is 0 Å². The second kappa shape index (κ2) is 19.2. The number of rotatable bonds is 19. The van der Waals surface area contributed by atoms with Crippen molar-refractivity contribution in [3.05, 3.63) is 0 Å². The van der Waals surface area contributed by atoms with Crippen molar-refractivity contribution in [2.24, 2.45) is 5.92 Å². The van der Waals surface area contributed by atoms with Crippen LogP contribution in [0.5, 0.6) is 0 Å². The van der Waals surface area contributed by atoms with Gasteiger partial charge in [-0.2, -0.15) is 0 Å². The van der Waals surface area contributed by atoms with Gasteiger partial charge in [-0.3, -0.25) is 4.79 Å². The lowest BCUT2D eigenvalue weighted by molar-refractivity contribution is -0.154. The zero-order valence-electron chi connectivity index (χ0n) is 18.5. The molecule has 0 aromatic carbocycles. The fourth-order valence-corrected chi connectivity index (χ4v) is 3.57. The van der Waals surface area contributed by atoms with E-state index in [1.54, 1.807) is 0 Å². The van der Waals surface area contributed by atoms with E-state index in [1.165, 1.54) is 77.0 Å². The molecule has 0 aliphatic heterocycles. The van der Waals surface area contributed by atoms with Crippen LogP contribution in [0.15, 0.2) is 0 Å². The first-order valence-electron chi connectivity index (χ1n) is 11.9. The maximum atomic E-state index is 12.2. The van der Waals surface area contributed by atoms with Crippen LogP contribution < -0.4 is 0 Å². The van der Waals surface area contributed by atoms with Gasteiger partial charge in [0.25, 0.3) is 0 Å². The summed E-state index contributed by atoms with van der Waals surface area (Å²) in [6.45, 7) is 8.61. The van der Waals surface area contributed by atoms with E-state index in [9.17, 15) is 4.79 Å². The van der Waals surface area contributed by atoms with E-state index < -0.39 is 0 Å². The van der Waals surface area contributed by atoms with Gasteiger partial charge in [0, 0.05) is 0 Å². The van der Waals surface area contributed by atoms with Crippen LogP contribution in [-0.4, -0.2) is 12.1 Å². The minimum absolute atomic E-state index is 0.0346. The van der Waals surface area contributed by atoms with Crippen molar-refractivity contribution in [3.8, 4) is 0 Å². The molecule has 0 amide bonds. The van der Waals surface area contributed by atoms with E-state index in [4.69, 9.17) is 4.74 Å². The summed E-state index contributed by atoms with van der Waals surface area (Å²) < 4.78 is 5.66. The number of carbonyl (C=O) groups is 1. The van der Waals surface area contributed by atoms with Crippen LogP contribution in [0.2, 0.25) is 0 Å². The Morgan fingerprint density at radius 3 is 1.58 bits per heavy atom. The third-order valence-electron chi connectivity index (χ3n) is 5.51. The van der Waals surface area contributed by atoms with Crippen LogP contribution in [0, 0.1) is 5.92 Å². The molecule has 0 radical (unpaired) electrons. The van der Waals surface area contributed by atoms with Gasteiger partial charge >= 0.3 is 5.97 Å². The highest BCUT2D eigenvalue weighted by atomic mass is 16.5. The minimum Gasteiger partial charge on any atom is -0.462 e. The average molecular weight is 369 g/mol. The normalized spacial score (nSPS) is 13.5. The molecule has 2 atom stereocenters. The molecule has 2 nitrogen and oxygen atoms in total. The quantitative estimate of drug-likeness (QED) is 0.169. The average Bonchev–Trinajstić information content (AvgIpc) is 2.63. The molecule has 0 spiro atoms. The minimum atomic E-state index is 0.0346. The molecule has 0 aromatic heterocycles. The lowest BCUT2D eigenvalue weighted by atomic mass is 9.99. The van der Waals surface area contributed by atoms with Crippen molar-refractivity contribution >= 4 is 5.97 Å². The summed E-state index contributed by atoms with van der Waals surface area (Å²) in [5.74, 6) is 0.145. The van der Waals surface area contributed by atoms with Crippen LogP contribution in [0.3, 0.4) is 0 Å². The number of ether oxygens (including phenoxy) is 1. The largest absolute Gasteiger partial charge is 0.462 e. The summed E-state index contributed by atoms with van der Waals surface area (Å²) >= 11 is 0. The highest BCUT2D eigenvalue weighted by molar-refractivity contribution is 5.72. The van der Waals surface area contributed by atoms with Crippen molar-refractivity contribution in [1.29, 1.82) is 0 Å². The first kappa shape index (κ1) is 25.5. The summed E-state index contributed by atoms with van der Waals surface area (Å²) in [6.07, 6.45) is 21.7. The molecule has 156 valence electrons. The summed E-state index contributed by atoms with van der Waals surface area (Å²) in [7, 11) is 0. The predicted octanol–water partition coefficient (Wildman–Crippen LogP) is 8.23. The highest BCUT2D eigenvalue weighted by Crippen LogP contribution is 2.17. The third-order valence-corrected chi connectivity index (χ3v) is 5.51. The topological polar surface area (TPSA) is 26.3 Å². The number of hydrogen-bond acceptors (Lipinski definition) is 2. The Labute approximate surface area is 164 Å². The van der Waals surface area contributed by atoms with Gasteiger partial charge in [-0.05, 0) is 32.6 Å². The molecule has 0 bridgehead atoms. The molecule has 2 heteroatoms. The van der Waals surface area contributed by atoms with Crippen molar-refractivity contribution in [2.75, 3.05) is 0 Å². The fraction of sp³-hybridized carbons (Fsp3) is 0.958. The van der Waals surface area contributed by atoms with Gasteiger partial charge < -0.3 is 4.74 Å². The summed E-state index contributed by atoms with van der Waals surface area (Å²) in [4.78, 5) is 12.2. The van der Waals surface area contributed by atoms with Gasteiger partial charge in [-0.25, -0.2) is 0 Å². The number of esters is 1. The summed E-state index contributed by atoms with van der Waals surface area (Å²) in [5, 5.41) is 0. The number of hydrogen-bond donors (Lipinski definition) is 0. The van der Waals surface area contributed by atoms with Gasteiger partial charge in [0.1, 0.15) is 0 Å². The van der Waals surface area contributed by atoms with Gasteiger partial charge in [0.05, 0.1) is 12.0 Å². The lowest BCUT2D eigenvalue weighted by Crippen LogP contribution is -2.22. The first-order chi connectivity index (χ1) is 12.7. The third kappa shape index (κ3) is 15.7. The van der Waals surface area contributed by atoms with E-state index in [0.717, 1.165) is 32.1 Å². The Kier molecular flexibility index (Phi) is 18.8. The molecule has 0 saturated heterocycles. The zero-order chi connectivity index (χ0) is 19.5. The lowest BCUT2D eigenvalue weighted by Gasteiger charge is -2.18. The van der Waals surface area contributed by atoms with Crippen molar-refractivity contribution in [1.82, 2.24) is 0 Å². The molecular formula is C24H48O2. The molecule has 2 unspecified atom stereocenters. The summed E-state index contributed by atoms with van der Waals surface area (Å²) in [6, 6.07) is 0. The van der Waals surface area contributed by atoms with Crippen molar-refractivity contribution in [2.45, 2.75) is 143 Å². The second-order valence-corrected chi connectivity index (χ2v) is 8.17. The number of carbonyl (C=O) groups excluding carboxylic acids is 1. The molecule has 0 aliphatic rings. The van der Waals surface area contributed by atoms with Gasteiger partial charge in [0.2, 0.25) is 0 Å². The maximum absolute atomic E-state index is 12.2. The van der Waals surface area contributed by atoms with E-state index in [0.29, 0.717) is 0 Å². The second-order valence-electron chi connectivity index (χ2n) is 8.17. The SMILES string of the molecule is CCCCCCCCCCCCCCC(C)OC(=O)C(CC)CCCC. The maximum Gasteiger partial charge on any atom is 0.309 e. The van der Waals surface area contributed by atoms with E-state index in [2.05, 4.69) is 27.7 Å². The summed E-state index contributed by atoms with van der Waals surface area (Å²) in [5.41, 5.74) is 0. The van der Waals surface area contributed by atoms with Crippen LogP contribution in [-0.2, 0) is 9.53 Å². The molecule has 0 heterocycles. The molecular weight excluding hydrogens is 320 g/mol. The Bertz CT molecular complexity index is 301. The van der Waals surface area contributed by atoms with Gasteiger partial charge in [-0.1, -0.05) is 104 Å². The molecule has 0 aromatic rings. The molecule has 0 saturated carbocycles. The molecule has 0 rings (SSSR count). The zero-order valence-corrected chi connectivity index (χ0v) is 18.5. The van der Waals surface area contributed by atoms with E-state index in [-0.39, 0.29) is 18.0 Å². The Morgan fingerprint density at radius 1 is 0.654 bits per heavy atom. The fourth-order valence-electron chi connectivity index (χ4n) is 3.57. The van der Waals surface area contributed by atoms with Crippen LogP contribution in [0.1, 0.15) is 137 Å². The standard InChI is InChI=1S/C24H48O2/c1-5-8-10-11-12-13-14-15-16-17-18-19-20-22(4)26-24(25)23(7-3)21-9-6-2/h22-23H,5-21H2,1-4H3. The van der Waals surface area contributed by atoms with Crippen LogP contribution >= 0.6 is 0 Å². The first-order valence-corrected chi connectivity index (χ1v) is 11.9. The van der Waals surface area contributed by atoms with Gasteiger partial charge in [0.15, 0.2) is 0 Å². The Hall–Kier alpha value is -0.530. The highest BCUT2D eigenvalue weighted by Gasteiger charge is 2.19. The van der Waals surface area contributed by atoms with E-state index in [1.807, 2.05) is 0 Å². The molecule has 0 aliphatic carbocycles.